The molecule has 0 radical (unpaired) electrons. The van der Waals surface area contributed by atoms with E-state index in [-0.39, 0.29) is 24.3 Å². The first-order valence-electron chi connectivity index (χ1n) is 9.16. The van der Waals surface area contributed by atoms with Crippen LogP contribution in [0.25, 0.3) is 0 Å². The number of carbonyl (C=O) groups is 2. The van der Waals surface area contributed by atoms with Crippen molar-refractivity contribution in [3.8, 4) is 0 Å². The molecule has 0 aliphatic carbocycles. The minimum Gasteiger partial charge on any atom is -0.395 e. The van der Waals surface area contributed by atoms with Crippen molar-refractivity contribution in [1.82, 2.24) is 21.3 Å². The van der Waals surface area contributed by atoms with Crippen LogP contribution in [0.5, 0.6) is 0 Å². The smallest absolute Gasteiger partial charge is 0.218 e. The zero-order valence-electron chi connectivity index (χ0n) is 16.1. The first kappa shape index (κ1) is 24.7. The quantitative estimate of drug-likeness (QED) is 0.214. The zero-order valence-corrected chi connectivity index (χ0v) is 16.1. The predicted octanol–water partition coefficient (Wildman–Crippen LogP) is -5.47. The number of carbonyl (C=O) groups excluding carboxylic acids is 2. The second-order valence-electron chi connectivity index (χ2n) is 7.05. The summed E-state index contributed by atoms with van der Waals surface area (Å²) >= 11 is 0. The summed E-state index contributed by atoms with van der Waals surface area (Å²) < 4.78 is 0. The molecule has 12 nitrogen and oxygen atoms in total. The number of amides is 2. The molecule has 2 heterocycles. The third-order valence-corrected chi connectivity index (χ3v) is 4.80. The van der Waals surface area contributed by atoms with E-state index in [1.165, 1.54) is 13.8 Å². The third kappa shape index (κ3) is 6.90. The third-order valence-electron chi connectivity index (χ3n) is 4.80. The Labute approximate surface area is 163 Å². The van der Waals surface area contributed by atoms with Gasteiger partial charge in [0.25, 0.3) is 0 Å². The Morgan fingerprint density at radius 3 is 2.04 bits per heavy atom. The van der Waals surface area contributed by atoms with E-state index in [4.69, 9.17) is 10.8 Å². The molecule has 0 aromatic rings. The molecule has 2 saturated heterocycles. The van der Waals surface area contributed by atoms with Gasteiger partial charge >= 0.3 is 0 Å². The fraction of sp³-hybridized carbons (Fsp3) is 0.875. The second kappa shape index (κ2) is 11.6. The lowest BCUT2D eigenvalue weighted by molar-refractivity contribution is -0.124. The number of hydrogen-bond donors (Lipinski definition) is 10. The predicted molar refractivity (Wildman–Crippen MR) is 98.7 cm³/mol. The van der Waals surface area contributed by atoms with Crippen molar-refractivity contribution in [3.05, 3.63) is 0 Å². The van der Waals surface area contributed by atoms with Crippen LogP contribution in [-0.4, -0.2) is 106 Å². The molecule has 2 aliphatic heterocycles. The fourth-order valence-corrected chi connectivity index (χ4v) is 3.14. The molecule has 0 spiro atoms. The molecule has 0 saturated carbocycles. The monoisotopic (exact) mass is 407 g/mol. The molecular formula is C16H33N5O7. The van der Waals surface area contributed by atoms with Gasteiger partial charge in [0.2, 0.25) is 11.8 Å². The summed E-state index contributed by atoms with van der Waals surface area (Å²) in [6.45, 7) is 3.58. The van der Waals surface area contributed by atoms with Crippen molar-refractivity contribution in [3.63, 3.8) is 0 Å². The van der Waals surface area contributed by atoms with Crippen molar-refractivity contribution >= 4 is 11.8 Å². The molecule has 2 rings (SSSR count). The lowest BCUT2D eigenvalue weighted by Crippen LogP contribution is -2.65. The zero-order chi connectivity index (χ0) is 21.4. The number of nitrogens with two attached hydrogens (primary N) is 1. The van der Waals surface area contributed by atoms with Crippen LogP contribution < -0.4 is 27.0 Å². The Morgan fingerprint density at radius 2 is 1.54 bits per heavy atom. The van der Waals surface area contributed by atoms with E-state index in [9.17, 15) is 30.0 Å². The topological polar surface area (TPSA) is 209 Å². The van der Waals surface area contributed by atoms with E-state index in [0.717, 1.165) is 0 Å². The largest absolute Gasteiger partial charge is 0.395 e. The van der Waals surface area contributed by atoms with Crippen molar-refractivity contribution < 1.29 is 35.1 Å². The number of nitrogens with one attached hydrogen (secondary N) is 4. The second-order valence-corrected chi connectivity index (χ2v) is 7.05. The molecular weight excluding hydrogens is 374 g/mol. The molecule has 0 aromatic heterocycles. The fourth-order valence-electron chi connectivity index (χ4n) is 3.14. The minimum atomic E-state index is -1.06. The van der Waals surface area contributed by atoms with Gasteiger partial charge in [0.05, 0.1) is 30.9 Å². The maximum atomic E-state index is 10.7. The molecule has 2 aliphatic rings. The Morgan fingerprint density at radius 1 is 0.929 bits per heavy atom. The molecule has 12 heteroatoms. The van der Waals surface area contributed by atoms with Gasteiger partial charge in [-0.25, -0.2) is 0 Å². The van der Waals surface area contributed by atoms with Gasteiger partial charge in [-0.15, -0.1) is 0 Å². The summed E-state index contributed by atoms with van der Waals surface area (Å²) in [6.07, 6.45) is -4.60. The SMILES string of the molecule is CC(=O)N[C@H]1CN[C@H](CO)[C@@H](O)[C@@H]1O.CC(=O)N[C@H]1NC[C@@H](CN)[C@H](O)[C@@H]1O. The van der Waals surface area contributed by atoms with Crippen LogP contribution in [0, 0.1) is 5.92 Å². The molecule has 11 N–H and O–H groups in total. The summed E-state index contributed by atoms with van der Waals surface area (Å²) in [5.41, 5.74) is 5.40. The van der Waals surface area contributed by atoms with Crippen molar-refractivity contribution in [1.29, 1.82) is 0 Å². The molecule has 8 atom stereocenters. The molecule has 0 unspecified atom stereocenters. The van der Waals surface area contributed by atoms with E-state index < -0.39 is 42.7 Å². The normalized spacial score (nSPS) is 38.0. The number of aliphatic hydroxyl groups excluding tert-OH is 5. The average Bonchev–Trinajstić information content (AvgIpc) is 2.63. The van der Waals surface area contributed by atoms with Gasteiger partial charge in [-0.05, 0) is 6.54 Å². The van der Waals surface area contributed by atoms with Gasteiger partial charge in [-0.1, -0.05) is 0 Å². The summed E-state index contributed by atoms with van der Waals surface area (Å²) in [7, 11) is 0. The van der Waals surface area contributed by atoms with E-state index in [1.807, 2.05) is 0 Å². The standard InChI is InChI=1S/C8H17N3O3.C8H16N2O4/c1-4(12)11-8-7(14)6(13)5(2-9)3-10-8;1-4(12)10-5-2-9-6(3-11)8(14)7(5)13/h5-8,10,13-14H,2-3,9H2,1H3,(H,11,12);5-9,11,13-14H,2-3H2,1H3,(H,10,12)/t5-,6+,7+,8-;5-,6+,7+,8+/m10/s1. The van der Waals surface area contributed by atoms with Gasteiger partial charge in [-0.2, -0.15) is 0 Å². The van der Waals surface area contributed by atoms with Crippen LogP contribution in [0.4, 0.5) is 0 Å². The summed E-state index contributed by atoms with van der Waals surface area (Å²) in [6, 6.07) is -1.04. The van der Waals surface area contributed by atoms with E-state index >= 15 is 0 Å². The molecule has 2 amide bonds. The van der Waals surface area contributed by atoms with E-state index in [2.05, 4.69) is 21.3 Å². The van der Waals surface area contributed by atoms with Gasteiger partial charge in [0.15, 0.2) is 0 Å². The number of hydrogen-bond acceptors (Lipinski definition) is 10. The van der Waals surface area contributed by atoms with E-state index in [0.29, 0.717) is 19.6 Å². The van der Waals surface area contributed by atoms with Gasteiger partial charge in [0.1, 0.15) is 18.4 Å². The maximum absolute atomic E-state index is 10.7. The average molecular weight is 407 g/mol. The first-order valence-corrected chi connectivity index (χ1v) is 9.16. The van der Waals surface area contributed by atoms with Crippen LogP contribution >= 0.6 is 0 Å². The first-order chi connectivity index (χ1) is 13.1. The molecule has 0 bridgehead atoms. The molecule has 0 aromatic carbocycles. The van der Waals surface area contributed by atoms with Crippen LogP contribution in [0.3, 0.4) is 0 Å². The van der Waals surface area contributed by atoms with Gasteiger partial charge < -0.3 is 47.2 Å². The maximum Gasteiger partial charge on any atom is 0.218 e. The number of aliphatic hydroxyl groups is 5. The van der Waals surface area contributed by atoms with Crippen LogP contribution in [-0.2, 0) is 9.59 Å². The molecule has 2 fully saturated rings. The Kier molecular flexibility index (Phi) is 10.2. The lowest BCUT2D eigenvalue weighted by atomic mass is 9.92. The van der Waals surface area contributed by atoms with Gasteiger partial charge in [0, 0.05) is 32.9 Å². The number of piperidine rings is 2. The summed E-state index contributed by atoms with van der Waals surface area (Å²) in [4.78, 5) is 21.5. The van der Waals surface area contributed by atoms with Crippen LogP contribution in [0.15, 0.2) is 0 Å². The summed E-state index contributed by atoms with van der Waals surface area (Å²) in [5, 5.41) is 57.9. The van der Waals surface area contributed by atoms with Gasteiger partial charge in [-0.3, -0.25) is 14.9 Å². The van der Waals surface area contributed by atoms with E-state index in [1.54, 1.807) is 0 Å². The van der Waals surface area contributed by atoms with Crippen LogP contribution in [0.1, 0.15) is 13.8 Å². The highest BCUT2D eigenvalue weighted by molar-refractivity contribution is 5.73. The Balaban J connectivity index is 0.000000280. The van der Waals surface area contributed by atoms with Crippen molar-refractivity contribution in [2.24, 2.45) is 11.7 Å². The molecule has 164 valence electrons. The van der Waals surface area contributed by atoms with Crippen molar-refractivity contribution in [2.45, 2.75) is 56.5 Å². The Bertz CT molecular complexity index is 468. The lowest BCUT2D eigenvalue weighted by Gasteiger charge is -2.38. The Hall–Kier alpha value is -1.38. The minimum absolute atomic E-state index is 0.171. The molecule has 28 heavy (non-hydrogen) atoms. The summed E-state index contributed by atoms with van der Waals surface area (Å²) in [5.74, 6) is -0.680. The van der Waals surface area contributed by atoms with Crippen LogP contribution in [0.2, 0.25) is 0 Å². The highest BCUT2D eigenvalue weighted by Gasteiger charge is 2.37. The number of rotatable bonds is 4. The highest BCUT2D eigenvalue weighted by atomic mass is 16.3. The highest BCUT2D eigenvalue weighted by Crippen LogP contribution is 2.14. The van der Waals surface area contributed by atoms with Crippen molar-refractivity contribution in [2.75, 3.05) is 26.2 Å².